The first-order chi connectivity index (χ1) is 13.6. The molecule has 144 valence electrons. The van der Waals surface area contributed by atoms with Crippen LogP contribution in [-0.4, -0.2) is 45.6 Å². The van der Waals surface area contributed by atoms with Crippen molar-refractivity contribution in [1.29, 1.82) is 0 Å². The van der Waals surface area contributed by atoms with Crippen LogP contribution in [0.15, 0.2) is 36.7 Å². The van der Waals surface area contributed by atoms with E-state index in [1.54, 1.807) is 49.1 Å². The molecule has 1 atom stereocenters. The maximum absolute atomic E-state index is 12.4. The number of nitrogens with one attached hydrogen (secondary N) is 1. The lowest BCUT2D eigenvalue weighted by atomic mass is 10.0. The van der Waals surface area contributed by atoms with Gasteiger partial charge in [-0.1, -0.05) is 6.07 Å². The molecule has 0 unspecified atom stereocenters. The molecule has 0 bridgehead atoms. The summed E-state index contributed by atoms with van der Waals surface area (Å²) in [6.45, 7) is 1.92. The quantitative estimate of drug-likeness (QED) is 0.724. The van der Waals surface area contributed by atoms with Crippen LogP contribution in [0.2, 0.25) is 0 Å². The van der Waals surface area contributed by atoms with Crippen molar-refractivity contribution in [3.8, 4) is 17.4 Å². The Bertz CT molecular complexity index is 1020. The highest BCUT2D eigenvalue weighted by Gasteiger charge is 2.31. The summed E-state index contributed by atoms with van der Waals surface area (Å²) in [5.41, 5.74) is 2.73. The number of aryl methyl sites for hydroxylation is 1. The van der Waals surface area contributed by atoms with Crippen LogP contribution in [0, 0.1) is 6.92 Å². The Hall–Kier alpha value is -3.07. The molecule has 8 nitrogen and oxygen atoms in total. The van der Waals surface area contributed by atoms with E-state index in [1.807, 2.05) is 25.1 Å². The number of hydrogen-bond donors (Lipinski definition) is 1. The predicted molar refractivity (Wildman–Crippen MR) is 106 cm³/mol. The van der Waals surface area contributed by atoms with Crippen LogP contribution in [0.1, 0.15) is 22.1 Å². The molecular formula is C19H19N5O3S. The summed E-state index contributed by atoms with van der Waals surface area (Å²) < 4.78 is 12.4. The first-order valence-electron chi connectivity index (χ1n) is 8.62. The van der Waals surface area contributed by atoms with Crippen LogP contribution in [0.3, 0.4) is 0 Å². The van der Waals surface area contributed by atoms with Gasteiger partial charge in [-0.15, -0.1) is 11.8 Å². The van der Waals surface area contributed by atoms with Gasteiger partial charge in [-0.05, 0) is 30.7 Å². The number of carbonyl (C=O) groups excluding carboxylic acids is 1. The first kappa shape index (κ1) is 18.3. The molecule has 0 saturated heterocycles. The molecule has 0 saturated carbocycles. The summed E-state index contributed by atoms with van der Waals surface area (Å²) in [5.74, 6) is 2.53. The van der Waals surface area contributed by atoms with Crippen molar-refractivity contribution in [2.45, 2.75) is 12.2 Å². The average molecular weight is 397 g/mol. The zero-order valence-electron chi connectivity index (χ0n) is 15.7. The number of aromatic nitrogens is 4. The lowest BCUT2D eigenvalue weighted by Crippen LogP contribution is -2.16. The number of hydrogen-bond acceptors (Lipinski definition) is 7. The molecule has 0 spiro atoms. The molecule has 1 amide bonds. The van der Waals surface area contributed by atoms with E-state index >= 15 is 0 Å². The maximum atomic E-state index is 12.4. The molecule has 0 radical (unpaired) electrons. The molecule has 1 aliphatic rings. The van der Waals surface area contributed by atoms with E-state index in [-0.39, 0.29) is 11.2 Å². The van der Waals surface area contributed by atoms with Crippen LogP contribution in [0.25, 0.3) is 5.95 Å². The summed E-state index contributed by atoms with van der Waals surface area (Å²) in [4.78, 5) is 20.9. The van der Waals surface area contributed by atoms with Gasteiger partial charge in [0, 0.05) is 18.0 Å². The molecule has 9 heteroatoms. The van der Waals surface area contributed by atoms with E-state index in [4.69, 9.17) is 9.47 Å². The molecule has 4 rings (SSSR count). The summed E-state index contributed by atoms with van der Waals surface area (Å²) in [5, 5.41) is 7.46. The highest BCUT2D eigenvalue weighted by atomic mass is 32.2. The molecule has 2 aromatic heterocycles. The molecule has 1 N–H and O–H groups in total. The van der Waals surface area contributed by atoms with Crippen molar-refractivity contribution in [2.75, 3.05) is 25.3 Å². The minimum Gasteiger partial charge on any atom is -0.493 e. The van der Waals surface area contributed by atoms with E-state index in [2.05, 4.69) is 20.4 Å². The zero-order chi connectivity index (χ0) is 19.7. The van der Waals surface area contributed by atoms with Gasteiger partial charge in [0.05, 0.1) is 30.9 Å². The Kier molecular flexibility index (Phi) is 4.91. The van der Waals surface area contributed by atoms with Crippen molar-refractivity contribution in [2.24, 2.45) is 0 Å². The predicted octanol–water partition coefficient (Wildman–Crippen LogP) is 2.76. The smallest absolute Gasteiger partial charge is 0.252 e. The van der Waals surface area contributed by atoms with Crippen LogP contribution in [0.5, 0.6) is 11.5 Å². The van der Waals surface area contributed by atoms with Gasteiger partial charge in [0.25, 0.3) is 5.95 Å². The Balaban J connectivity index is 1.87. The Morgan fingerprint density at radius 3 is 2.64 bits per heavy atom. The third-order valence-electron chi connectivity index (χ3n) is 4.46. The second kappa shape index (κ2) is 7.51. The number of nitrogens with zero attached hydrogens (tertiary/aromatic N) is 4. The number of rotatable bonds is 4. The molecule has 1 aliphatic heterocycles. The standard InChI is InChI=1S/C19H19N5O3S/c1-11-16-17(12-5-6-13(26-2)14(9-12)27-3)28-10-15(25)22-18(16)24(23-11)19-20-7-4-8-21-19/h4-9,17H,10H2,1-3H3,(H,22,25)/t17-/m1/s1. The number of benzene rings is 1. The monoisotopic (exact) mass is 397 g/mol. The lowest BCUT2D eigenvalue weighted by Gasteiger charge is -2.17. The minimum absolute atomic E-state index is 0.0914. The van der Waals surface area contributed by atoms with Gasteiger partial charge in [0.15, 0.2) is 11.5 Å². The van der Waals surface area contributed by atoms with Gasteiger partial charge in [-0.3, -0.25) is 4.79 Å². The third-order valence-corrected chi connectivity index (χ3v) is 5.73. The number of thioether (sulfide) groups is 1. The van der Waals surface area contributed by atoms with Crippen LogP contribution < -0.4 is 14.8 Å². The van der Waals surface area contributed by atoms with Gasteiger partial charge >= 0.3 is 0 Å². The summed E-state index contributed by atoms with van der Waals surface area (Å²) in [7, 11) is 3.21. The molecular weight excluding hydrogens is 378 g/mol. The second-order valence-corrected chi connectivity index (χ2v) is 7.26. The van der Waals surface area contributed by atoms with Gasteiger partial charge in [0.2, 0.25) is 5.91 Å². The Labute approximate surface area is 166 Å². The summed E-state index contributed by atoms with van der Waals surface area (Å²) in [6.07, 6.45) is 3.29. The fourth-order valence-electron chi connectivity index (χ4n) is 3.21. The Morgan fingerprint density at radius 1 is 1.18 bits per heavy atom. The van der Waals surface area contributed by atoms with Crippen LogP contribution >= 0.6 is 11.8 Å². The van der Waals surface area contributed by atoms with Crippen molar-refractivity contribution >= 4 is 23.5 Å². The third kappa shape index (κ3) is 3.18. The average Bonchev–Trinajstić information content (AvgIpc) is 2.93. The molecule has 0 fully saturated rings. The van der Waals surface area contributed by atoms with Crippen LogP contribution in [0.4, 0.5) is 5.82 Å². The molecule has 3 aromatic rings. The van der Waals surface area contributed by atoms with Crippen LogP contribution in [-0.2, 0) is 4.79 Å². The highest BCUT2D eigenvalue weighted by molar-refractivity contribution is 8.00. The zero-order valence-corrected chi connectivity index (χ0v) is 16.5. The Morgan fingerprint density at radius 2 is 1.93 bits per heavy atom. The topological polar surface area (TPSA) is 91.2 Å². The van der Waals surface area contributed by atoms with E-state index in [0.29, 0.717) is 29.0 Å². The number of fused-ring (bicyclic) bond motifs is 1. The SMILES string of the molecule is COc1ccc([C@H]2SCC(=O)Nc3c2c(C)nn3-c2ncccn2)cc1OC. The summed E-state index contributed by atoms with van der Waals surface area (Å²) in [6, 6.07) is 7.52. The van der Waals surface area contributed by atoms with Crippen molar-refractivity contribution < 1.29 is 14.3 Å². The number of carbonyl (C=O) groups is 1. The summed E-state index contributed by atoms with van der Waals surface area (Å²) >= 11 is 1.54. The fraction of sp³-hybridized carbons (Fsp3) is 0.263. The molecule has 28 heavy (non-hydrogen) atoms. The van der Waals surface area contributed by atoms with E-state index < -0.39 is 0 Å². The number of amides is 1. The molecule has 0 aliphatic carbocycles. The highest BCUT2D eigenvalue weighted by Crippen LogP contribution is 2.45. The molecule has 1 aromatic carbocycles. The largest absolute Gasteiger partial charge is 0.493 e. The van der Waals surface area contributed by atoms with Crippen molar-refractivity contribution in [3.63, 3.8) is 0 Å². The second-order valence-electron chi connectivity index (χ2n) is 6.16. The van der Waals surface area contributed by atoms with Gasteiger partial charge in [0.1, 0.15) is 5.82 Å². The number of anilines is 1. The number of ether oxygens (including phenoxy) is 2. The molecule has 3 heterocycles. The maximum Gasteiger partial charge on any atom is 0.252 e. The van der Waals surface area contributed by atoms with Gasteiger partial charge in [-0.2, -0.15) is 9.78 Å². The van der Waals surface area contributed by atoms with E-state index in [0.717, 1.165) is 16.8 Å². The fourth-order valence-corrected chi connectivity index (χ4v) is 4.39. The minimum atomic E-state index is -0.105. The first-order valence-corrected chi connectivity index (χ1v) is 9.67. The number of methoxy groups -OCH3 is 2. The van der Waals surface area contributed by atoms with Crippen molar-refractivity contribution in [3.05, 3.63) is 53.5 Å². The van der Waals surface area contributed by atoms with Crippen molar-refractivity contribution in [1.82, 2.24) is 19.7 Å². The lowest BCUT2D eigenvalue weighted by molar-refractivity contribution is -0.113. The van der Waals surface area contributed by atoms with Gasteiger partial charge in [-0.25, -0.2) is 9.97 Å². The normalized spacial score (nSPS) is 16.1. The van der Waals surface area contributed by atoms with E-state index in [9.17, 15) is 4.79 Å². The van der Waals surface area contributed by atoms with Gasteiger partial charge < -0.3 is 14.8 Å². The van der Waals surface area contributed by atoms with E-state index in [1.165, 1.54) is 0 Å².